The topological polar surface area (TPSA) is 80.0 Å². The van der Waals surface area contributed by atoms with Crippen LogP contribution in [0.3, 0.4) is 0 Å². The summed E-state index contributed by atoms with van der Waals surface area (Å²) in [5, 5.41) is 14.3. The number of nitrogens with zero attached hydrogens (tertiary/aromatic N) is 3. The van der Waals surface area contributed by atoms with Crippen molar-refractivity contribution in [2.24, 2.45) is 5.92 Å². The highest BCUT2D eigenvalue weighted by Crippen LogP contribution is 2.30. The van der Waals surface area contributed by atoms with Crippen molar-refractivity contribution in [3.8, 4) is 5.69 Å². The summed E-state index contributed by atoms with van der Waals surface area (Å²) < 4.78 is 1.93. The van der Waals surface area contributed by atoms with Crippen LogP contribution in [0, 0.1) is 5.92 Å². The zero-order valence-electron chi connectivity index (χ0n) is 14.1. The predicted molar refractivity (Wildman–Crippen MR) is 101 cm³/mol. The minimum absolute atomic E-state index is 0.102. The molecule has 0 aliphatic heterocycles. The molecule has 2 atom stereocenters. The summed E-state index contributed by atoms with van der Waals surface area (Å²) >= 11 is 6.15. The van der Waals surface area contributed by atoms with Crippen LogP contribution in [0.4, 0.5) is 5.82 Å². The monoisotopic (exact) mass is 370 g/mol. The van der Waals surface area contributed by atoms with Crippen molar-refractivity contribution < 1.29 is 9.90 Å². The third-order valence-corrected chi connectivity index (χ3v) is 5.14. The molecule has 0 saturated heterocycles. The maximum atomic E-state index is 11.3. The SMILES string of the molecule is O=C(O)C1CCCC(Nc2cc(-n3ccnc3)c3ccc(Cl)cc3n2)C1. The highest BCUT2D eigenvalue weighted by molar-refractivity contribution is 6.31. The molecular formula is C19H19ClN4O2. The second kappa shape index (κ2) is 6.96. The molecule has 1 aromatic carbocycles. The van der Waals surface area contributed by atoms with E-state index in [9.17, 15) is 9.90 Å². The number of aliphatic carboxylic acids is 1. The standard InChI is InChI=1S/C19H19ClN4O2/c20-13-4-5-15-16(9-13)23-18(10-17(15)24-7-6-21-11-24)22-14-3-1-2-12(8-14)19(25)26/h4-7,9-12,14H,1-3,8H2,(H,22,23)(H,25,26). The van der Waals surface area contributed by atoms with Crippen LogP contribution in [0.1, 0.15) is 25.7 Å². The minimum atomic E-state index is -0.714. The van der Waals surface area contributed by atoms with Gasteiger partial charge in [0.1, 0.15) is 5.82 Å². The number of nitrogens with one attached hydrogen (secondary N) is 1. The second-order valence-electron chi connectivity index (χ2n) is 6.70. The van der Waals surface area contributed by atoms with Gasteiger partial charge in [0.15, 0.2) is 0 Å². The first kappa shape index (κ1) is 16.8. The highest BCUT2D eigenvalue weighted by atomic mass is 35.5. The molecule has 2 heterocycles. The first-order valence-corrected chi connectivity index (χ1v) is 9.06. The summed E-state index contributed by atoms with van der Waals surface area (Å²) in [7, 11) is 0. The number of imidazole rings is 1. The van der Waals surface area contributed by atoms with E-state index in [0.717, 1.165) is 41.7 Å². The number of carbonyl (C=O) groups is 1. The van der Waals surface area contributed by atoms with Crippen LogP contribution < -0.4 is 5.32 Å². The molecule has 2 unspecified atom stereocenters. The molecule has 6 nitrogen and oxygen atoms in total. The van der Waals surface area contributed by atoms with Crippen molar-refractivity contribution in [2.75, 3.05) is 5.32 Å². The molecule has 26 heavy (non-hydrogen) atoms. The lowest BCUT2D eigenvalue weighted by Crippen LogP contribution is -2.31. The molecule has 0 amide bonds. The van der Waals surface area contributed by atoms with Crippen LogP contribution in [-0.2, 0) is 4.79 Å². The van der Waals surface area contributed by atoms with Gasteiger partial charge in [0.2, 0.25) is 0 Å². The lowest BCUT2D eigenvalue weighted by Gasteiger charge is -2.28. The van der Waals surface area contributed by atoms with Crippen molar-refractivity contribution in [1.29, 1.82) is 0 Å². The van der Waals surface area contributed by atoms with Crippen LogP contribution in [0.5, 0.6) is 0 Å². The molecule has 2 N–H and O–H groups in total. The average molecular weight is 371 g/mol. The van der Waals surface area contributed by atoms with E-state index in [1.807, 2.05) is 35.0 Å². The number of carboxylic acid groups (broad SMARTS) is 1. The van der Waals surface area contributed by atoms with Crippen LogP contribution in [0.2, 0.25) is 5.02 Å². The van der Waals surface area contributed by atoms with Gasteiger partial charge < -0.3 is 15.0 Å². The maximum absolute atomic E-state index is 11.3. The number of rotatable bonds is 4. The van der Waals surface area contributed by atoms with E-state index < -0.39 is 5.97 Å². The fourth-order valence-electron chi connectivity index (χ4n) is 3.63. The van der Waals surface area contributed by atoms with Crippen LogP contribution >= 0.6 is 11.6 Å². The van der Waals surface area contributed by atoms with E-state index in [-0.39, 0.29) is 12.0 Å². The Balaban J connectivity index is 1.70. The lowest BCUT2D eigenvalue weighted by atomic mass is 9.86. The predicted octanol–water partition coefficient (Wildman–Crippen LogP) is 4.13. The van der Waals surface area contributed by atoms with E-state index in [1.54, 1.807) is 12.5 Å². The van der Waals surface area contributed by atoms with E-state index in [4.69, 9.17) is 16.6 Å². The van der Waals surface area contributed by atoms with E-state index in [0.29, 0.717) is 11.4 Å². The summed E-state index contributed by atoms with van der Waals surface area (Å²) in [6.07, 6.45) is 8.57. The molecule has 3 aromatic rings. The Morgan fingerprint density at radius 1 is 1.31 bits per heavy atom. The molecule has 1 aliphatic carbocycles. The number of aromatic nitrogens is 3. The molecule has 4 rings (SSSR count). The zero-order valence-corrected chi connectivity index (χ0v) is 14.9. The van der Waals surface area contributed by atoms with Gasteiger partial charge in [-0.1, -0.05) is 18.0 Å². The smallest absolute Gasteiger partial charge is 0.306 e. The second-order valence-corrected chi connectivity index (χ2v) is 7.14. The number of benzene rings is 1. The van der Waals surface area contributed by atoms with Crippen molar-refractivity contribution in [3.05, 3.63) is 48.0 Å². The van der Waals surface area contributed by atoms with E-state index in [2.05, 4.69) is 10.3 Å². The van der Waals surface area contributed by atoms with Gasteiger partial charge in [0.05, 0.1) is 23.4 Å². The molecule has 2 aromatic heterocycles. The summed E-state index contributed by atoms with van der Waals surface area (Å²) in [5.41, 5.74) is 1.74. The summed E-state index contributed by atoms with van der Waals surface area (Å²) in [5.74, 6) is -0.280. The van der Waals surface area contributed by atoms with Crippen LogP contribution in [0.15, 0.2) is 43.0 Å². The maximum Gasteiger partial charge on any atom is 0.306 e. The summed E-state index contributed by atoms with van der Waals surface area (Å²) in [6, 6.07) is 7.71. The third kappa shape index (κ3) is 3.37. The largest absolute Gasteiger partial charge is 0.481 e. The number of hydrogen-bond acceptors (Lipinski definition) is 4. The van der Waals surface area contributed by atoms with E-state index >= 15 is 0 Å². The Kier molecular flexibility index (Phi) is 4.51. The molecule has 1 saturated carbocycles. The molecule has 0 radical (unpaired) electrons. The molecule has 7 heteroatoms. The minimum Gasteiger partial charge on any atom is -0.481 e. The van der Waals surface area contributed by atoms with Gasteiger partial charge in [-0.05, 0) is 37.5 Å². The van der Waals surface area contributed by atoms with Crippen molar-refractivity contribution in [2.45, 2.75) is 31.7 Å². The molecule has 1 fully saturated rings. The lowest BCUT2D eigenvalue weighted by molar-refractivity contribution is -0.142. The van der Waals surface area contributed by atoms with Crippen molar-refractivity contribution in [1.82, 2.24) is 14.5 Å². The normalized spacial score (nSPS) is 20.2. The van der Waals surface area contributed by atoms with Gasteiger partial charge in [0, 0.05) is 34.9 Å². The van der Waals surface area contributed by atoms with Gasteiger partial charge in [-0.2, -0.15) is 0 Å². The fourth-order valence-corrected chi connectivity index (χ4v) is 3.79. The molecule has 0 spiro atoms. The first-order chi connectivity index (χ1) is 12.6. The number of fused-ring (bicyclic) bond motifs is 1. The van der Waals surface area contributed by atoms with Gasteiger partial charge in [0.25, 0.3) is 0 Å². The Hall–Kier alpha value is -2.60. The molecule has 134 valence electrons. The number of carboxylic acids is 1. The van der Waals surface area contributed by atoms with Gasteiger partial charge in [-0.25, -0.2) is 9.97 Å². The molecule has 0 bridgehead atoms. The van der Waals surface area contributed by atoms with Crippen molar-refractivity contribution >= 4 is 34.3 Å². The van der Waals surface area contributed by atoms with Gasteiger partial charge >= 0.3 is 5.97 Å². The highest BCUT2D eigenvalue weighted by Gasteiger charge is 2.27. The van der Waals surface area contributed by atoms with Gasteiger partial charge in [-0.15, -0.1) is 0 Å². The van der Waals surface area contributed by atoms with Gasteiger partial charge in [-0.3, -0.25) is 4.79 Å². The average Bonchev–Trinajstić information content (AvgIpc) is 3.15. The summed E-state index contributed by atoms with van der Waals surface area (Å²) in [6.45, 7) is 0. The first-order valence-electron chi connectivity index (χ1n) is 8.68. The third-order valence-electron chi connectivity index (χ3n) is 4.91. The Morgan fingerprint density at radius 2 is 2.19 bits per heavy atom. The number of anilines is 1. The van der Waals surface area contributed by atoms with Crippen LogP contribution in [0.25, 0.3) is 16.6 Å². The molecule has 1 aliphatic rings. The van der Waals surface area contributed by atoms with Crippen molar-refractivity contribution in [3.63, 3.8) is 0 Å². The Labute approximate surface area is 155 Å². The number of hydrogen-bond donors (Lipinski definition) is 2. The Morgan fingerprint density at radius 3 is 2.96 bits per heavy atom. The number of pyridine rings is 1. The zero-order chi connectivity index (χ0) is 18.1. The summed E-state index contributed by atoms with van der Waals surface area (Å²) in [4.78, 5) is 20.1. The van der Waals surface area contributed by atoms with Crippen LogP contribution in [-0.4, -0.2) is 31.7 Å². The Bertz CT molecular complexity index is 942. The molecular weight excluding hydrogens is 352 g/mol. The van der Waals surface area contributed by atoms with E-state index in [1.165, 1.54) is 0 Å². The number of halogens is 1. The fraction of sp³-hybridized carbons (Fsp3) is 0.316. The quantitative estimate of drug-likeness (QED) is 0.721.